The fraction of sp³-hybridized carbons (Fsp3) is 0.0435. The van der Waals surface area contributed by atoms with Crippen LogP contribution in [0.4, 0.5) is 10.3 Å². The molecule has 0 amide bonds. The molecule has 33 heavy (non-hydrogen) atoms. The summed E-state index contributed by atoms with van der Waals surface area (Å²) in [5.74, 6) is -0.672. The number of nitrogen functional groups attached to an aromatic ring is 1. The Morgan fingerprint density at radius 1 is 1.06 bits per heavy atom. The SMILES string of the molecule is N#Cc1ccccc1-c1nc(N)n2nc(C(O)c3ccccc3F)nc2c1-c1ccncn1. The van der Waals surface area contributed by atoms with Crippen LogP contribution in [-0.4, -0.2) is 34.7 Å². The van der Waals surface area contributed by atoms with Crippen molar-refractivity contribution >= 4 is 11.6 Å². The van der Waals surface area contributed by atoms with Crippen LogP contribution in [0.1, 0.15) is 23.1 Å². The van der Waals surface area contributed by atoms with Crippen molar-refractivity contribution in [2.24, 2.45) is 0 Å². The van der Waals surface area contributed by atoms with E-state index < -0.39 is 11.9 Å². The van der Waals surface area contributed by atoms with Crippen LogP contribution in [0.15, 0.2) is 67.1 Å². The van der Waals surface area contributed by atoms with Crippen molar-refractivity contribution in [1.82, 2.24) is 29.5 Å². The first-order valence-electron chi connectivity index (χ1n) is 9.83. The summed E-state index contributed by atoms with van der Waals surface area (Å²) < 4.78 is 15.5. The highest BCUT2D eigenvalue weighted by molar-refractivity contribution is 5.90. The van der Waals surface area contributed by atoms with Gasteiger partial charge in [-0.2, -0.15) is 9.78 Å². The second kappa shape index (κ2) is 8.07. The highest BCUT2D eigenvalue weighted by Crippen LogP contribution is 2.35. The second-order valence-corrected chi connectivity index (χ2v) is 7.08. The largest absolute Gasteiger partial charge is 0.380 e. The van der Waals surface area contributed by atoms with E-state index in [1.165, 1.54) is 29.0 Å². The first-order valence-corrected chi connectivity index (χ1v) is 9.83. The number of hydrogen-bond acceptors (Lipinski definition) is 8. The maximum absolute atomic E-state index is 14.3. The van der Waals surface area contributed by atoms with Crippen molar-refractivity contribution in [3.63, 3.8) is 0 Å². The third-order valence-corrected chi connectivity index (χ3v) is 5.11. The van der Waals surface area contributed by atoms with Gasteiger partial charge in [0.15, 0.2) is 11.5 Å². The predicted molar refractivity (Wildman–Crippen MR) is 117 cm³/mol. The van der Waals surface area contributed by atoms with E-state index in [0.29, 0.717) is 28.1 Å². The third kappa shape index (κ3) is 3.42. The van der Waals surface area contributed by atoms with E-state index >= 15 is 0 Å². The number of aliphatic hydroxyl groups is 1. The summed E-state index contributed by atoms with van der Waals surface area (Å²) in [5, 5.41) is 24.7. The Morgan fingerprint density at radius 2 is 1.85 bits per heavy atom. The zero-order chi connectivity index (χ0) is 22.9. The minimum Gasteiger partial charge on any atom is -0.380 e. The maximum Gasteiger partial charge on any atom is 0.223 e. The summed E-state index contributed by atoms with van der Waals surface area (Å²) in [5.41, 5.74) is 8.65. The van der Waals surface area contributed by atoms with Gasteiger partial charge in [0.1, 0.15) is 18.2 Å². The van der Waals surface area contributed by atoms with E-state index in [2.05, 4.69) is 31.1 Å². The van der Waals surface area contributed by atoms with E-state index in [1.807, 2.05) is 0 Å². The first-order chi connectivity index (χ1) is 16.1. The Hall–Kier alpha value is -4.75. The third-order valence-electron chi connectivity index (χ3n) is 5.11. The molecule has 3 heterocycles. The number of nitrogens with zero attached hydrogens (tertiary/aromatic N) is 7. The van der Waals surface area contributed by atoms with Gasteiger partial charge in [0.25, 0.3) is 0 Å². The van der Waals surface area contributed by atoms with Crippen LogP contribution in [0.3, 0.4) is 0 Å². The number of benzene rings is 2. The number of hydrogen-bond donors (Lipinski definition) is 2. The monoisotopic (exact) mass is 438 g/mol. The van der Waals surface area contributed by atoms with E-state index in [0.717, 1.165) is 0 Å². The number of nitrogens with two attached hydrogens (primary N) is 1. The fourth-order valence-corrected chi connectivity index (χ4v) is 3.58. The highest BCUT2D eigenvalue weighted by atomic mass is 19.1. The van der Waals surface area contributed by atoms with E-state index in [-0.39, 0.29) is 23.0 Å². The molecule has 5 rings (SSSR count). The number of anilines is 1. The average molecular weight is 438 g/mol. The van der Waals surface area contributed by atoms with Crippen molar-refractivity contribution in [2.75, 3.05) is 5.73 Å². The van der Waals surface area contributed by atoms with Gasteiger partial charge in [0.05, 0.1) is 28.6 Å². The van der Waals surface area contributed by atoms with Crippen molar-refractivity contribution < 1.29 is 9.50 Å². The Balaban J connectivity index is 1.81. The Morgan fingerprint density at radius 3 is 2.61 bits per heavy atom. The summed E-state index contributed by atoms with van der Waals surface area (Å²) in [7, 11) is 0. The standard InChI is InChI=1S/C23H15FN8O/c24-16-8-4-3-7-15(16)20(33)21-30-22-18(17-9-10-27-12-28-17)19(29-23(26)32(22)31-21)14-6-2-1-5-13(14)11-25/h1-10,12,20,33H,(H2,26,29). The van der Waals surface area contributed by atoms with Gasteiger partial charge in [0.2, 0.25) is 5.95 Å². The molecule has 10 heteroatoms. The molecule has 3 aromatic heterocycles. The molecule has 0 aliphatic rings. The molecule has 1 atom stereocenters. The minimum atomic E-state index is -1.43. The van der Waals surface area contributed by atoms with Crippen molar-refractivity contribution in [1.29, 1.82) is 5.26 Å². The lowest BCUT2D eigenvalue weighted by Crippen LogP contribution is -2.07. The van der Waals surface area contributed by atoms with Gasteiger partial charge in [-0.25, -0.2) is 24.3 Å². The maximum atomic E-state index is 14.3. The number of aliphatic hydroxyl groups excluding tert-OH is 1. The summed E-state index contributed by atoms with van der Waals surface area (Å²) >= 11 is 0. The smallest absolute Gasteiger partial charge is 0.223 e. The van der Waals surface area contributed by atoms with Crippen molar-refractivity contribution in [3.05, 3.63) is 89.9 Å². The molecule has 5 aromatic rings. The summed E-state index contributed by atoms with van der Waals surface area (Å²) in [6.07, 6.45) is 1.49. The van der Waals surface area contributed by atoms with Gasteiger partial charge >= 0.3 is 0 Å². The van der Waals surface area contributed by atoms with Gasteiger partial charge in [-0.1, -0.05) is 36.4 Å². The molecule has 0 aliphatic carbocycles. The van der Waals surface area contributed by atoms with Crippen LogP contribution in [0.5, 0.6) is 0 Å². The molecule has 9 nitrogen and oxygen atoms in total. The van der Waals surface area contributed by atoms with Gasteiger partial charge in [0, 0.05) is 17.3 Å². The van der Waals surface area contributed by atoms with Gasteiger partial charge in [-0.05, 0) is 18.2 Å². The van der Waals surface area contributed by atoms with Gasteiger partial charge < -0.3 is 10.8 Å². The number of fused-ring (bicyclic) bond motifs is 1. The van der Waals surface area contributed by atoms with Crippen LogP contribution in [-0.2, 0) is 0 Å². The number of rotatable bonds is 4. The number of aromatic nitrogens is 6. The topological polar surface area (TPSA) is 139 Å². The van der Waals surface area contributed by atoms with Crippen LogP contribution in [0.25, 0.3) is 28.2 Å². The second-order valence-electron chi connectivity index (χ2n) is 7.08. The van der Waals surface area contributed by atoms with Crippen LogP contribution in [0.2, 0.25) is 0 Å². The molecule has 0 bridgehead atoms. The van der Waals surface area contributed by atoms with Crippen molar-refractivity contribution in [2.45, 2.75) is 6.10 Å². The normalized spacial score (nSPS) is 11.9. The lowest BCUT2D eigenvalue weighted by atomic mass is 9.99. The first kappa shape index (κ1) is 20.2. The molecule has 2 aromatic carbocycles. The fourth-order valence-electron chi connectivity index (χ4n) is 3.58. The van der Waals surface area contributed by atoms with E-state index in [4.69, 9.17) is 5.73 Å². The molecule has 0 saturated carbocycles. The molecular formula is C23H15FN8O. The molecule has 1 unspecified atom stereocenters. The lowest BCUT2D eigenvalue weighted by Gasteiger charge is -2.12. The summed E-state index contributed by atoms with van der Waals surface area (Å²) in [4.78, 5) is 17.2. The number of halogens is 1. The van der Waals surface area contributed by atoms with Crippen LogP contribution >= 0.6 is 0 Å². The Bertz CT molecular complexity index is 1530. The predicted octanol–water partition coefficient (Wildman–Crippen LogP) is 2.92. The van der Waals surface area contributed by atoms with E-state index in [9.17, 15) is 14.8 Å². The average Bonchev–Trinajstić information content (AvgIpc) is 3.30. The number of nitriles is 1. The zero-order valence-electron chi connectivity index (χ0n) is 17.0. The van der Waals surface area contributed by atoms with Crippen LogP contribution in [0, 0.1) is 17.1 Å². The Labute approximate surface area is 186 Å². The molecule has 160 valence electrons. The van der Waals surface area contributed by atoms with Crippen molar-refractivity contribution in [3.8, 4) is 28.6 Å². The lowest BCUT2D eigenvalue weighted by molar-refractivity contribution is 0.205. The highest BCUT2D eigenvalue weighted by Gasteiger charge is 2.25. The van der Waals surface area contributed by atoms with E-state index in [1.54, 1.807) is 42.6 Å². The zero-order valence-corrected chi connectivity index (χ0v) is 17.0. The van der Waals surface area contributed by atoms with Gasteiger partial charge in [-0.3, -0.25) is 0 Å². The molecule has 0 aliphatic heterocycles. The quantitative estimate of drug-likeness (QED) is 0.437. The molecule has 0 spiro atoms. The van der Waals surface area contributed by atoms with Gasteiger partial charge in [-0.15, -0.1) is 5.10 Å². The minimum absolute atomic E-state index is 0.0231. The summed E-state index contributed by atoms with van der Waals surface area (Å²) in [6.45, 7) is 0. The molecule has 3 N–H and O–H groups in total. The molecule has 0 fully saturated rings. The molecule has 0 saturated heterocycles. The Kier molecular flexibility index (Phi) is 4.93. The van der Waals surface area contributed by atoms with Crippen LogP contribution < -0.4 is 5.73 Å². The summed E-state index contributed by atoms with van der Waals surface area (Å²) in [6, 6.07) is 16.6. The molecular weight excluding hydrogens is 423 g/mol. The molecule has 0 radical (unpaired) electrons.